The van der Waals surface area contributed by atoms with Crippen molar-refractivity contribution in [3.05, 3.63) is 69.5 Å². The van der Waals surface area contributed by atoms with Crippen molar-refractivity contribution in [3.8, 4) is 0 Å². The average Bonchev–Trinajstić information content (AvgIpc) is 2.71. The van der Waals surface area contributed by atoms with Gasteiger partial charge in [-0.3, -0.25) is 9.59 Å². The Morgan fingerprint density at radius 3 is 2.35 bits per heavy atom. The normalized spacial score (nSPS) is 11.9. The molecule has 164 valence electrons. The zero-order valence-corrected chi connectivity index (χ0v) is 17.7. The van der Waals surface area contributed by atoms with Crippen LogP contribution in [0, 0.1) is 0 Å². The maximum absolute atomic E-state index is 13.0. The van der Waals surface area contributed by atoms with Crippen molar-refractivity contribution in [2.24, 2.45) is 0 Å². The lowest BCUT2D eigenvalue weighted by atomic mass is 9.98. The summed E-state index contributed by atoms with van der Waals surface area (Å²) in [7, 11) is 1.53. The molecule has 1 heterocycles. The van der Waals surface area contributed by atoms with E-state index in [0.29, 0.717) is 12.2 Å². The fraction of sp³-hybridized carbons (Fsp3) is 0.304. The third-order valence-corrected chi connectivity index (χ3v) is 5.37. The minimum atomic E-state index is -4.54. The number of rotatable bonds is 4. The Balaban J connectivity index is 2.07. The van der Waals surface area contributed by atoms with Crippen LogP contribution in [0.5, 0.6) is 0 Å². The number of carbonyl (C=O) groups excluding carboxylic acids is 1. The number of hydrogen-bond donors (Lipinski definition) is 1. The van der Waals surface area contributed by atoms with Gasteiger partial charge in [0, 0.05) is 36.4 Å². The van der Waals surface area contributed by atoms with Crippen LogP contribution >= 0.6 is 0 Å². The standard InChI is InChI=1S/C23H24F3N3O2/c1-5-29-20-9-7-15(11-18(20)17(13(2)3)12-21(29)30)28(4)22(31)16-8-6-14(10-19(16)27)23(24,25)26/h6-13H,5,27H2,1-4H3. The van der Waals surface area contributed by atoms with E-state index in [1.807, 2.05) is 26.8 Å². The van der Waals surface area contributed by atoms with E-state index >= 15 is 0 Å². The van der Waals surface area contributed by atoms with Crippen LogP contribution < -0.4 is 16.2 Å². The topological polar surface area (TPSA) is 68.3 Å². The van der Waals surface area contributed by atoms with Crippen molar-refractivity contribution in [1.82, 2.24) is 4.57 Å². The lowest BCUT2D eigenvalue weighted by molar-refractivity contribution is -0.137. The molecule has 3 rings (SSSR count). The van der Waals surface area contributed by atoms with Gasteiger partial charge in [-0.15, -0.1) is 0 Å². The van der Waals surface area contributed by atoms with Crippen LogP contribution in [0.4, 0.5) is 24.5 Å². The number of aryl methyl sites for hydroxylation is 1. The summed E-state index contributed by atoms with van der Waals surface area (Å²) in [6, 6.07) is 9.60. The summed E-state index contributed by atoms with van der Waals surface area (Å²) in [6.45, 7) is 6.35. The van der Waals surface area contributed by atoms with Crippen LogP contribution in [-0.4, -0.2) is 17.5 Å². The molecule has 0 saturated carbocycles. The van der Waals surface area contributed by atoms with Crippen LogP contribution in [0.2, 0.25) is 0 Å². The summed E-state index contributed by atoms with van der Waals surface area (Å²) in [6.07, 6.45) is -4.54. The molecular formula is C23H24F3N3O2. The molecule has 1 amide bonds. The van der Waals surface area contributed by atoms with Gasteiger partial charge in [0.1, 0.15) is 0 Å². The zero-order chi connectivity index (χ0) is 23.1. The molecule has 2 N–H and O–H groups in total. The van der Waals surface area contributed by atoms with E-state index < -0.39 is 17.6 Å². The molecule has 0 bridgehead atoms. The number of alkyl halides is 3. The maximum Gasteiger partial charge on any atom is 0.416 e. The molecule has 0 fully saturated rings. The van der Waals surface area contributed by atoms with E-state index in [2.05, 4.69) is 0 Å². The highest BCUT2D eigenvalue weighted by atomic mass is 19.4. The number of pyridine rings is 1. The van der Waals surface area contributed by atoms with Crippen molar-refractivity contribution >= 4 is 28.2 Å². The number of anilines is 2. The first kappa shape index (κ1) is 22.4. The van der Waals surface area contributed by atoms with Gasteiger partial charge in [0.15, 0.2) is 0 Å². The van der Waals surface area contributed by atoms with Crippen LogP contribution in [0.25, 0.3) is 10.9 Å². The van der Waals surface area contributed by atoms with Crippen LogP contribution in [-0.2, 0) is 12.7 Å². The van der Waals surface area contributed by atoms with Crippen LogP contribution in [0.3, 0.4) is 0 Å². The minimum Gasteiger partial charge on any atom is -0.398 e. The molecule has 1 aromatic heterocycles. The quantitative estimate of drug-likeness (QED) is 0.590. The second kappa shape index (κ2) is 8.09. The Bertz CT molecular complexity index is 1210. The van der Waals surface area contributed by atoms with E-state index in [-0.39, 0.29) is 22.7 Å². The summed E-state index contributed by atoms with van der Waals surface area (Å²) in [4.78, 5) is 26.7. The van der Waals surface area contributed by atoms with Crippen molar-refractivity contribution in [3.63, 3.8) is 0 Å². The van der Waals surface area contributed by atoms with E-state index in [1.54, 1.807) is 22.8 Å². The Hall–Kier alpha value is -3.29. The Morgan fingerprint density at radius 1 is 1.13 bits per heavy atom. The molecule has 0 spiro atoms. The fourth-order valence-electron chi connectivity index (χ4n) is 3.64. The Labute approximate surface area is 177 Å². The molecule has 0 atom stereocenters. The van der Waals surface area contributed by atoms with Gasteiger partial charge in [-0.25, -0.2) is 0 Å². The smallest absolute Gasteiger partial charge is 0.398 e. The molecule has 5 nitrogen and oxygen atoms in total. The number of fused-ring (bicyclic) bond motifs is 1. The maximum atomic E-state index is 13.0. The molecule has 8 heteroatoms. The highest BCUT2D eigenvalue weighted by Gasteiger charge is 2.31. The van der Waals surface area contributed by atoms with Gasteiger partial charge in [0.05, 0.1) is 16.6 Å². The molecule has 0 radical (unpaired) electrons. The number of amides is 1. The van der Waals surface area contributed by atoms with Gasteiger partial charge < -0.3 is 15.2 Å². The number of halogens is 3. The number of nitrogens with zero attached hydrogens (tertiary/aromatic N) is 2. The van der Waals surface area contributed by atoms with E-state index in [1.165, 1.54) is 11.9 Å². The summed E-state index contributed by atoms with van der Waals surface area (Å²) in [5.74, 6) is -0.441. The van der Waals surface area contributed by atoms with Crippen molar-refractivity contribution in [1.29, 1.82) is 0 Å². The number of aromatic nitrogens is 1. The summed E-state index contributed by atoms with van der Waals surface area (Å²) >= 11 is 0. The highest BCUT2D eigenvalue weighted by Crippen LogP contribution is 2.33. The van der Waals surface area contributed by atoms with Crippen LogP contribution in [0.1, 0.15) is 48.2 Å². The lowest BCUT2D eigenvalue weighted by Gasteiger charge is -2.21. The van der Waals surface area contributed by atoms with Gasteiger partial charge in [-0.1, -0.05) is 13.8 Å². The SMILES string of the molecule is CCn1c(=O)cc(C(C)C)c2cc(N(C)C(=O)c3ccc(C(F)(F)F)cc3N)ccc21. The predicted molar refractivity (Wildman–Crippen MR) is 117 cm³/mol. The zero-order valence-electron chi connectivity index (χ0n) is 17.7. The van der Waals surface area contributed by atoms with Crippen molar-refractivity contribution < 1.29 is 18.0 Å². The average molecular weight is 431 g/mol. The van der Waals surface area contributed by atoms with Gasteiger partial charge >= 0.3 is 6.18 Å². The first-order valence-electron chi connectivity index (χ1n) is 9.88. The second-order valence-electron chi connectivity index (χ2n) is 7.70. The molecule has 0 unspecified atom stereocenters. The number of nitrogen functional groups attached to an aromatic ring is 1. The summed E-state index contributed by atoms with van der Waals surface area (Å²) < 4.78 is 40.3. The molecule has 0 saturated heterocycles. The molecule has 3 aromatic rings. The van der Waals surface area contributed by atoms with E-state index in [4.69, 9.17) is 5.73 Å². The summed E-state index contributed by atoms with van der Waals surface area (Å²) in [5.41, 5.74) is 6.67. The van der Waals surface area contributed by atoms with Gasteiger partial charge in [0.25, 0.3) is 11.5 Å². The third kappa shape index (κ3) is 4.15. The number of carbonyl (C=O) groups is 1. The molecular weight excluding hydrogens is 407 g/mol. The minimum absolute atomic E-state index is 0.0155. The van der Waals surface area contributed by atoms with Crippen LogP contribution in [0.15, 0.2) is 47.3 Å². The second-order valence-corrected chi connectivity index (χ2v) is 7.70. The monoisotopic (exact) mass is 431 g/mol. The lowest BCUT2D eigenvalue weighted by Crippen LogP contribution is -2.27. The third-order valence-electron chi connectivity index (χ3n) is 5.37. The molecule has 0 aliphatic heterocycles. The first-order valence-corrected chi connectivity index (χ1v) is 9.88. The van der Waals surface area contributed by atoms with E-state index in [0.717, 1.165) is 34.7 Å². The fourth-order valence-corrected chi connectivity index (χ4v) is 3.64. The Morgan fingerprint density at radius 2 is 1.81 bits per heavy atom. The predicted octanol–water partition coefficient (Wildman–Crippen LogP) is 5.02. The Kier molecular flexibility index (Phi) is 5.85. The van der Waals surface area contributed by atoms with Crippen molar-refractivity contribution in [2.75, 3.05) is 17.7 Å². The molecule has 2 aromatic carbocycles. The number of hydrogen-bond acceptors (Lipinski definition) is 3. The molecule has 0 aliphatic carbocycles. The number of benzene rings is 2. The first-order chi connectivity index (χ1) is 14.5. The summed E-state index contributed by atoms with van der Waals surface area (Å²) in [5, 5.41) is 0.842. The van der Waals surface area contributed by atoms with Crippen molar-refractivity contribution in [2.45, 2.75) is 39.4 Å². The highest BCUT2D eigenvalue weighted by molar-refractivity contribution is 6.09. The van der Waals surface area contributed by atoms with Gasteiger partial charge in [0.2, 0.25) is 0 Å². The van der Waals surface area contributed by atoms with E-state index in [9.17, 15) is 22.8 Å². The molecule has 0 aliphatic rings. The van der Waals surface area contributed by atoms with Gasteiger partial charge in [-0.05, 0) is 54.8 Å². The molecule has 31 heavy (non-hydrogen) atoms. The largest absolute Gasteiger partial charge is 0.416 e. The van der Waals surface area contributed by atoms with Gasteiger partial charge in [-0.2, -0.15) is 13.2 Å². The number of nitrogens with two attached hydrogens (primary N) is 1.